The van der Waals surface area contributed by atoms with Gasteiger partial charge >= 0.3 is 0 Å². The second kappa shape index (κ2) is 9.13. The van der Waals surface area contributed by atoms with Gasteiger partial charge in [-0.05, 0) is 23.8 Å². The summed E-state index contributed by atoms with van der Waals surface area (Å²) in [6, 6.07) is 16.7. The van der Waals surface area contributed by atoms with Crippen LogP contribution in [0.5, 0.6) is 5.75 Å². The first-order valence-corrected chi connectivity index (χ1v) is 8.65. The van der Waals surface area contributed by atoms with Gasteiger partial charge in [-0.1, -0.05) is 46.3 Å². The Morgan fingerprint density at radius 2 is 1.86 bits per heavy atom. The van der Waals surface area contributed by atoms with Gasteiger partial charge in [0.1, 0.15) is 5.75 Å². The van der Waals surface area contributed by atoms with Crippen LogP contribution in [-0.4, -0.2) is 20.3 Å². The molecule has 0 heterocycles. The molecule has 0 fully saturated rings. The number of ether oxygens (including phenoxy) is 2. The van der Waals surface area contributed by atoms with Gasteiger partial charge < -0.3 is 9.47 Å². The van der Waals surface area contributed by atoms with Gasteiger partial charge in [0, 0.05) is 35.3 Å². The van der Waals surface area contributed by atoms with Crippen LogP contribution in [-0.2, 0) is 10.5 Å². The summed E-state index contributed by atoms with van der Waals surface area (Å²) in [5.74, 6) is 1.86. The zero-order valence-corrected chi connectivity index (χ0v) is 14.5. The second-order valence-electron chi connectivity index (χ2n) is 4.59. The van der Waals surface area contributed by atoms with E-state index in [0.717, 1.165) is 29.0 Å². The van der Waals surface area contributed by atoms with Crippen molar-refractivity contribution in [3.05, 3.63) is 58.6 Å². The number of rotatable bonds is 8. The first kappa shape index (κ1) is 16.4. The molecule has 0 aromatic heterocycles. The standard InChI is InChI=1S/C17H19BrO2S/c1-19-8-5-9-20-16-10-15(18)11-17(12-16)21-13-14-6-3-2-4-7-14/h2-4,6-7,10-12H,5,8-9,13H2,1H3. The van der Waals surface area contributed by atoms with Crippen molar-refractivity contribution in [1.29, 1.82) is 0 Å². The van der Waals surface area contributed by atoms with E-state index in [1.807, 2.05) is 23.9 Å². The molecular formula is C17H19BrO2S. The van der Waals surface area contributed by atoms with E-state index >= 15 is 0 Å². The molecule has 0 unspecified atom stereocenters. The van der Waals surface area contributed by atoms with Gasteiger partial charge in [-0.15, -0.1) is 11.8 Å². The molecular weight excluding hydrogens is 348 g/mol. The molecule has 0 aliphatic rings. The summed E-state index contributed by atoms with van der Waals surface area (Å²) in [6.07, 6.45) is 0.898. The minimum Gasteiger partial charge on any atom is -0.493 e. The average Bonchev–Trinajstić information content (AvgIpc) is 2.50. The minimum absolute atomic E-state index is 0.674. The maximum absolute atomic E-state index is 5.76. The van der Waals surface area contributed by atoms with Gasteiger partial charge in [0.15, 0.2) is 0 Å². The summed E-state index contributed by atoms with van der Waals surface area (Å²) < 4.78 is 11.8. The van der Waals surface area contributed by atoms with Crippen molar-refractivity contribution < 1.29 is 9.47 Å². The van der Waals surface area contributed by atoms with Crippen LogP contribution in [0.15, 0.2) is 57.9 Å². The Hall–Kier alpha value is -0.970. The number of hydrogen-bond donors (Lipinski definition) is 0. The minimum atomic E-state index is 0.674. The van der Waals surface area contributed by atoms with Crippen LogP contribution in [0.25, 0.3) is 0 Å². The van der Waals surface area contributed by atoms with E-state index in [9.17, 15) is 0 Å². The smallest absolute Gasteiger partial charge is 0.121 e. The van der Waals surface area contributed by atoms with Crippen molar-refractivity contribution in [1.82, 2.24) is 0 Å². The molecule has 0 aliphatic heterocycles. The molecule has 0 atom stereocenters. The highest BCUT2D eigenvalue weighted by atomic mass is 79.9. The summed E-state index contributed by atoms with van der Waals surface area (Å²) in [5.41, 5.74) is 1.32. The van der Waals surface area contributed by atoms with Crippen molar-refractivity contribution in [2.45, 2.75) is 17.1 Å². The van der Waals surface area contributed by atoms with Crippen molar-refractivity contribution in [3.8, 4) is 5.75 Å². The zero-order valence-electron chi connectivity index (χ0n) is 12.0. The molecule has 2 aromatic carbocycles. The molecule has 0 saturated carbocycles. The Balaban J connectivity index is 1.91. The molecule has 0 saturated heterocycles. The monoisotopic (exact) mass is 366 g/mol. The molecule has 2 aromatic rings. The van der Waals surface area contributed by atoms with Crippen LogP contribution < -0.4 is 4.74 Å². The van der Waals surface area contributed by atoms with Crippen molar-refractivity contribution in [2.75, 3.05) is 20.3 Å². The van der Waals surface area contributed by atoms with Gasteiger partial charge in [0.05, 0.1) is 6.61 Å². The number of thioether (sulfide) groups is 1. The van der Waals surface area contributed by atoms with Crippen molar-refractivity contribution in [3.63, 3.8) is 0 Å². The quantitative estimate of drug-likeness (QED) is 0.475. The van der Waals surface area contributed by atoms with E-state index in [1.54, 1.807) is 7.11 Å². The fourth-order valence-corrected chi connectivity index (χ4v) is 3.40. The Bertz CT molecular complexity index is 546. The Morgan fingerprint density at radius 1 is 1.05 bits per heavy atom. The lowest BCUT2D eigenvalue weighted by atomic mass is 10.2. The van der Waals surface area contributed by atoms with Crippen molar-refractivity contribution in [2.24, 2.45) is 0 Å². The van der Waals surface area contributed by atoms with E-state index in [2.05, 4.69) is 52.3 Å². The molecule has 0 spiro atoms. The number of halogens is 1. The third-order valence-corrected chi connectivity index (χ3v) is 4.36. The number of hydrogen-bond acceptors (Lipinski definition) is 3. The van der Waals surface area contributed by atoms with Gasteiger partial charge in [0.2, 0.25) is 0 Å². The van der Waals surface area contributed by atoms with Gasteiger partial charge in [0.25, 0.3) is 0 Å². The third kappa shape index (κ3) is 6.12. The van der Waals surface area contributed by atoms with E-state index in [1.165, 1.54) is 10.5 Å². The maximum Gasteiger partial charge on any atom is 0.121 e. The van der Waals surface area contributed by atoms with Crippen LogP contribution in [0.3, 0.4) is 0 Å². The molecule has 0 amide bonds. The SMILES string of the molecule is COCCCOc1cc(Br)cc(SCc2ccccc2)c1. The number of methoxy groups -OCH3 is 1. The average molecular weight is 367 g/mol. The summed E-state index contributed by atoms with van der Waals surface area (Å²) in [5, 5.41) is 0. The topological polar surface area (TPSA) is 18.5 Å². The second-order valence-corrected chi connectivity index (χ2v) is 6.56. The highest BCUT2D eigenvalue weighted by molar-refractivity contribution is 9.10. The van der Waals surface area contributed by atoms with Gasteiger partial charge in [-0.2, -0.15) is 0 Å². The third-order valence-electron chi connectivity index (χ3n) is 2.85. The lowest BCUT2D eigenvalue weighted by Gasteiger charge is -2.09. The summed E-state index contributed by atoms with van der Waals surface area (Å²) in [4.78, 5) is 1.20. The lowest BCUT2D eigenvalue weighted by Crippen LogP contribution is -2.01. The first-order valence-electron chi connectivity index (χ1n) is 6.87. The summed E-state index contributed by atoms with van der Waals surface area (Å²) in [7, 11) is 1.71. The van der Waals surface area contributed by atoms with Crippen LogP contribution in [0.4, 0.5) is 0 Å². The number of benzene rings is 2. The fourth-order valence-electron chi connectivity index (χ4n) is 1.84. The Kier molecular flexibility index (Phi) is 7.13. The molecule has 21 heavy (non-hydrogen) atoms. The molecule has 4 heteroatoms. The highest BCUT2D eigenvalue weighted by Gasteiger charge is 2.02. The summed E-state index contributed by atoms with van der Waals surface area (Å²) in [6.45, 7) is 1.40. The van der Waals surface area contributed by atoms with Gasteiger partial charge in [-0.3, -0.25) is 0 Å². The fraction of sp³-hybridized carbons (Fsp3) is 0.294. The Labute approximate surface area is 139 Å². The van der Waals surface area contributed by atoms with E-state index in [0.29, 0.717) is 6.61 Å². The first-order chi connectivity index (χ1) is 10.3. The van der Waals surface area contributed by atoms with Gasteiger partial charge in [-0.25, -0.2) is 0 Å². The largest absolute Gasteiger partial charge is 0.493 e. The maximum atomic E-state index is 5.76. The molecule has 0 bridgehead atoms. The predicted octanol–water partition coefficient (Wildman–Crippen LogP) is 5.16. The Morgan fingerprint density at radius 3 is 2.62 bits per heavy atom. The van der Waals surface area contributed by atoms with Crippen LogP contribution in [0.2, 0.25) is 0 Å². The molecule has 2 nitrogen and oxygen atoms in total. The van der Waals surface area contributed by atoms with E-state index in [-0.39, 0.29) is 0 Å². The van der Waals surface area contributed by atoms with Crippen LogP contribution >= 0.6 is 27.7 Å². The van der Waals surface area contributed by atoms with E-state index < -0.39 is 0 Å². The molecule has 0 N–H and O–H groups in total. The molecule has 0 radical (unpaired) electrons. The lowest BCUT2D eigenvalue weighted by molar-refractivity contribution is 0.172. The van der Waals surface area contributed by atoms with Crippen LogP contribution in [0.1, 0.15) is 12.0 Å². The molecule has 2 rings (SSSR count). The molecule has 0 aliphatic carbocycles. The van der Waals surface area contributed by atoms with Crippen molar-refractivity contribution >= 4 is 27.7 Å². The molecule has 112 valence electrons. The normalized spacial score (nSPS) is 10.6. The van der Waals surface area contributed by atoms with Crippen LogP contribution in [0, 0.1) is 0 Å². The van der Waals surface area contributed by atoms with E-state index in [4.69, 9.17) is 9.47 Å². The highest BCUT2D eigenvalue weighted by Crippen LogP contribution is 2.30. The predicted molar refractivity (Wildman–Crippen MR) is 92.1 cm³/mol. The zero-order chi connectivity index (χ0) is 14.9. The summed E-state index contributed by atoms with van der Waals surface area (Å²) >= 11 is 5.35.